The van der Waals surface area contributed by atoms with Crippen LogP contribution >= 0.6 is 0 Å². The number of para-hydroxylation sites is 1. The minimum Gasteiger partial charge on any atom is -0.497 e. The SMILES string of the molecule is COc1ccc(N2C(=O)[C@H]3[C@@H](C2=O)[C@]2(C(=O)Nc4ccccc42)N2CCC[C@@H]32)cc1. The highest BCUT2D eigenvalue weighted by molar-refractivity contribution is 6.25. The van der Waals surface area contributed by atoms with Crippen LogP contribution in [0.15, 0.2) is 48.5 Å². The fourth-order valence-corrected chi connectivity index (χ4v) is 6.14. The van der Waals surface area contributed by atoms with Crippen LogP contribution in [0.2, 0.25) is 0 Å². The van der Waals surface area contributed by atoms with Crippen molar-refractivity contribution in [2.45, 2.75) is 24.4 Å². The second kappa shape index (κ2) is 5.92. The Balaban J connectivity index is 1.52. The first-order valence-corrected chi connectivity index (χ1v) is 10.3. The van der Waals surface area contributed by atoms with E-state index in [1.165, 1.54) is 4.90 Å². The normalized spacial score (nSPS) is 31.8. The monoisotopic (exact) mass is 403 g/mol. The molecular weight excluding hydrogens is 382 g/mol. The molecule has 3 saturated heterocycles. The number of carbonyl (C=O) groups excluding carboxylic acids is 3. The molecule has 1 spiro atoms. The summed E-state index contributed by atoms with van der Waals surface area (Å²) < 4.78 is 5.20. The third-order valence-corrected chi connectivity index (χ3v) is 7.23. The topological polar surface area (TPSA) is 78.9 Å². The molecule has 0 saturated carbocycles. The van der Waals surface area contributed by atoms with Crippen molar-refractivity contribution in [3.8, 4) is 5.75 Å². The zero-order chi connectivity index (χ0) is 20.6. The number of amides is 3. The van der Waals surface area contributed by atoms with Gasteiger partial charge in [0.2, 0.25) is 17.7 Å². The molecule has 6 rings (SSSR count). The van der Waals surface area contributed by atoms with E-state index in [2.05, 4.69) is 10.2 Å². The van der Waals surface area contributed by atoms with Gasteiger partial charge in [-0.2, -0.15) is 0 Å². The number of methoxy groups -OCH3 is 1. The molecule has 7 nitrogen and oxygen atoms in total. The fourth-order valence-electron chi connectivity index (χ4n) is 6.14. The van der Waals surface area contributed by atoms with E-state index in [1.807, 2.05) is 24.3 Å². The largest absolute Gasteiger partial charge is 0.497 e. The summed E-state index contributed by atoms with van der Waals surface area (Å²) in [7, 11) is 1.57. The molecule has 4 aliphatic heterocycles. The number of ether oxygens (including phenoxy) is 1. The van der Waals surface area contributed by atoms with Gasteiger partial charge in [0.15, 0.2) is 0 Å². The molecule has 4 heterocycles. The predicted octanol–water partition coefficient (Wildman–Crippen LogP) is 2.13. The van der Waals surface area contributed by atoms with Gasteiger partial charge in [-0.1, -0.05) is 18.2 Å². The smallest absolute Gasteiger partial charge is 0.250 e. The Morgan fingerprint density at radius 1 is 1.03 bits per heavy atom. The predicted molar refractivity (Wildman–Crippen MR) is 109 cm³/mol. The van der Waals surface area contributed by atoms with Crippen molar-refractivity contribution in [2.24, 2.45) is 11.8 Å². The minimum absolute atomic E-state index is 0.105. The van der Waals surface area contributed by atoms with Gasteiger partial charge in [0, 0.05) is 17.3 Å². The molecule has 30 heavy (non-hydrogen) atoms. The van der Waals surface area contributed by atoms with Crippen molar-refractivity contribution in [2.75, 3.05) is 23.9 Å². The van der Waals surface area contributed by atoms with Gasteiger partial charge in [-0.3, -0.25) is 19.3 Å². The second-order valence-corrected chi connectivity index (χ2v) is 8.38. The van der Waals surface area contributed by atoms with Crippen molar-refractivity contribution in [3.63, 3.8) is 0 Å². The van der Waals surface area contributed by atoms with Crippen molar-refractivity contribution < 1.29 is 19.1 Å². The van der Waals surface area contributed by atoms with Crippen LogP contribution in [-0.2, 0) is 19.9 Å². The third kappa shape index (κ3) is 1.91. The Kier molecular flexibility index (Phi) is 3.48. The van der Waals surface area contributed by atoms with Crippen LogP contribution < -0.4 is 15.0 Å². The molecule has 2 aromatic rings. The van der Waals surface area contributed by atoms with Crippen LogP contribution in [0, 0.1) is 11.8 Å². The molecule has 4 atom stereocenters. The summed E-state index contributed by atoms with van der Waals surface area (Å²) in [5.74, 6) is -1.28. The second-order valence-electron chi connectivity index (χ2n) is 8.38. The summed E-state index contributed by atoms with van der Waals surface area (Å²) in [6.45, 7) is 0.711. The van der Waals surface area contributed by atoms with E-state index in [9.17, 15) is 14.4 Å². The maximum Gasteiger partial charge on any atom is 0.250 e. The Morgan fingerprint density at radius 3 is 2.57 bits per heavy atom. The molecular formula is C23H21N3O4. The fraction of sp³-hybridized carbons (Fsp3) is 0.348. The molecule has 0 unspecified atom stereocenters. The molecule has 3 fully saturated rings. The van der Waals surface area contributed by atoms with Crippen molar-refractivity contribution in [1.29, 1.82) is 0 Å². The molecule has 7 heteroatoms. The quantitative estimate of drug-likeness (QED) is 0.778. The average molecular weight is 403 g/mol. The lowest BCUT2D eigenvalue weighted by atomic mass is 9.75. The van der Waals surface area contributed by atoms with Crippen molar-refractivity contribution in [3.05, 3.63) is 54.1 Å². The number of carbonyl (C=O) groups is 3. The van der Waals surface area contributed by atoms with E-state index in [-0.39, 0.29) is 23.8 Å². The van der Waals surface area contributed by atoms with Gasteiger partial charge in [0.1, 0.15) is 11.3 Å². The first-order valence-electron chi connectivity index (χ1n) is 10.3. The number of benzene rings is 2. The summed E-state index contributed by atoms with van der Waals surface area (Å²) in [4.78, 5) is 44.2. The minimum atomic E-state index is -1.11. The highest BCUT2D eigenvalue weighted by Crippen LogP contribution is 2.60. The summed E-state index contributed by atoms with van der Waals surface area (Å²) >= 11 is 0. The number of hydrogen-bond donors (Lipinski definition) is 1. The van der Waals surface area contributed by atoms with Crippen LogP contribution in [0.25, 0.3) is 0 Å². The molecule has 3 amide bonds. The van der Waals surface area contributed by atoms with E-state index in [4.69, 9.17) is 4.74 Å². The molecule has 0 aromatic heterocycles. The Labute approximate surface area is 173 Å². The number of nitrogens with zero attached hydrogens (tertiary/aromatic N) is 2. The highest BCUT2D eigenvalue weighted by Gasteiger charge is 2.74. The Hall–Kier alpha value is -3.19. The van der Waals surface area contributed by atoms with Gasteiger partial charge in [0.05, 0.1) is 24.6 Å². The zero-order valence-electron chi connectivity index (χ0n) is 16.5. The number of fused-ring (bicyclic) bond motifs is 7. The van der Waals surface area contributed by atoms with Crippen LogP contribution in [0.3, 0.4) is 0 Å². The van der Waals surface area contributed by atoms with Crippen LogP contribution in [-0.4, -0.2) is 42.3 Å². The number of anilines is 2. The van der Waals surface area contributed by atoms with Gasteiger partial charge < -0.3 is 10.1 Å². The van der Waals surface area contributed by atoms with Crippen LogP contribution in [0.1, 0.15) is 18.4 Å². The first kappa shape index (κ1) is 17.7. The maximum atomic E-state index is 13.8. The molecule has 0 aliphatic carbocycles. The summed E-state index contributed by atoms with van der Waals surface area (Å²) in [5, 5.41) is 2.98. The summed E-state index contributed by atoms with van der Waals surface area (Å²) in [6.07, 6.45) is 1.73. The maximum absolute atomic E-state index is 13.8. The molecule has 152 valence electrons. The highest BCUT2D eigenvalue weighted by atomic mass is 16.5. The van der Waals surface area contributed by atoms with E-state index >= 15 is 0 Å². The molecule has 2 aromatic carbocycles. The molecule has 4 aliphatic rings. The molecule has 1 N–H and O–H groups in total. The van der Waals surface area contributed by atoms with Crippen molar-refractivity contribution in [1.82, 2.24) is 4.90 Å². The van der Waals surface area contributed by atoms with Crippen LogP contribution in [0.4, 0.5) is 11.4 Å². The zero-order valence-corrected chi connectivity index (χ0v) is 16.5. The third-order valence-electron chi connectivity index (χ3n) is 7.23. The van der Waals surface area contributed by atoms with E-state index < -0.39 is 17.4 Å². The number of nitrogens with one attached hydrogen (secondary N) is 1. The van der Waals surface area contributed by atoms with Gasteiger partial charge in [-0.05, 0) is 49.7 Å². The first-order chi connectivity index (χ1) is 14.6. The van der Waals surface area contributed by atoms with Crippen LogP contribution in [0.5, 0.6) is 5.75 Å². The number of hydrogen-bond acceptors (Lipinski definition) is 5. The summed E-state index contributed by atoms with van der Waals surface area (Å²) in [6, 6.07) is 14.3. The molecule has 0 radical (unpaired) electrons. The van der Waals surface area contributed by atoms with Gasteiger partial charge in [-0.15, -0.1) is 0 Å². The lowest BCUT2D eigenvalue weighted by Crippen LogP contribution is -2.54. The summed E-state index contributed by atoms with van der Waals surface area (Å²) in [5.41, 5.74) is 0.951. The lowest BCUT2D eigenvalue weighted by Gasteiger charge is -2.36. The standard InChI is InChI=1S/C23H21N3O4/c1-30-14-10-8-13(9-11-14)26-20(27)18-17-7-4-12-25(17)23(19(18)21(26)28)15-5-2-3-6-16(15)24-22(23)29/h2-3,5-6,8-11,17-19H,4,7,12H2,1H3,(H,24,29)/t17-,18+,19-,23+/m0/s1. The number of rotatable bonds is 2. The van der Waals surface area contributed by atoms with Crippen molar-refractivity contribution >= 4 is 29.1 Å². The number of imide groups is 1. The van der Waals surface area contributed by atoms with Gasteiger partial charge in [-0.25, -0.2) is 4.90 Å². The Bertz CT molecular complexity index is 1100. The van der Waals surface area contributed by atoms with Gasteiger partial charge >= 0.3 is 0 Å². The van der Waals surface area contributed by atoms with E-state index in [0.29, 0.717) is 18.0 Å². The van der Waals surface area contributed by atoms with E-state index in [1.54, 1.807) is 31.4 Å². The average Bonchev–Trinajstić information content (AvgIpc) is 3.46. The van der Waals surface area contributed by atoms with E-state index in [0.717, 1.165) is 24.1 Å². The van der Waals surface area contributed by atoms with Gasteiger partial charge in [0.25, 0.3) is 0 Å². The lowest BCUT2D eigenvalue weighted by molar-refractivity contribution is -0.135. The molecule has 0 bridgehead atoms. The Morgan fingerprint density at radius 2 is 1.80 bits per heavy atom.